The average molecular weight is 258 g/mol. The van der Waals surface area contributed by atoms with Gasteiger partial charge in [-0.25, -0.2) is 0 Å². The number of rotatable bonds is 2. The van der Waals surface area contributed by atoms with Crippen molar-refractivity contribution in [1.29, 1.82) is 0 Å². The Labute approximate surface area is 90.9 Å². The Bertz CT molecular complexity index is 423. The Hall–Kier alpha value is -0.900. The number of pyridine rings is 1. The lowest BCUT2D eigenvalue weighted by molar-refractivity contribution is -0.119. The fourth-order valence-corrected chi connectivity index (χ4v) is 1.75. The zero-order valence-electron chi connectivity index (χ0n) is 8.37. The highest BCUT2D eigenvalue weighted by Crippen LogP contribution is 2.12. The summed E-state index contributed by atoms with van der Waals surface area (Å²) in [5, 5.41) is 0. The maximum atomic E-state index is 11.7. The first kappa shape index (κ1) is 11.2. The van der Waals surface area contributed by atoms with Crippen molar-refractivity contribution < 1.29 is 4.79 Å². The van der Waals surface area contributed by atoms with Gasteiger partial charge in [0.2, 0.25) is 0 Å². The first-order valence-corrected chi connectivity index (χ1v) is 5.11. The second kappa shape index (κ2) is 4.09. The van der Waals surface area contributed by atoms with Gasteiger partial charge in [-0.1, -0.05) is 0 Å². The van der Waals surface area contributed by atoms with Crippen LogP contribution in [0.1, 0.15) is 25.5 Å². The van der Waals surface area contributed by atoms with Crippen molar-refractivity contribution in [3.8, 4) is 0 Å². The topological polar surface area (TPSA) is 39.1 Å². The Balaban J connectivity index is 3.34. The van der Waals surface area contributed by atoms with Crippen molar-refractivity contribution in [2.45, 2.75) is 26.8 Å². The minimum atomic E-state index is -0.404. The molecule has 0 fully saturated rings. The number of carbonyl (C=O) groups is 1. The third kappa shape index (κ3) is 2.12. The predicted octanol–water partition coefficient (Wildman–Crippen LogP) is 2.07. The number of carbonyl (C=O) groups excluding carboxylic acids is 1. The normalized spacial score (nSPS) is 12.6. The summed E-state index contributed by atoms with van der Waals surface area (Å²) in [5.41, 5.74) is 0.517. The molecule has 4 heteroatoms. The summed E-state index contributed by atoms with van der Waals surface area (Å²) >= 11 is 3.29. The monoisotopic (exact) mass is 257 g/mol. The molecule has 1 heterocycles. The molecule has 1 atom stereocenters. The van der Waals surface area contributed by atoms with Gasteiger partial charge in [0.15, 0.2) is 5.78 Å². The lowest BCUT2D eigenvalue weighted by Crippen LogP contribution is -2.27. The minimum Gasteiger partial charge on any atom is -0.304 e. The second-order valence-corrected chi connectivity index (χ2v) is 4.26. The van der Waals surface area contributed by atoms with Gasteiger partial charge in [-0.3, -0.25) is 9.59 Å². The average Bonchev–Trinajstić information content (AvgIpc) is 2.09. The number of aryl methyl sites for hydroxylation is 1. The molecular formula is C10H12BrNO2. The van der Waals surface area contributed by atoms with Gasteiger partial charge in [0.1, 0.15) is 0 Å². The van der Waals surface area contributed by atoms with E-state index in [2.05, 4.69) is 15.9 Å². The summed E-state index contributed by atoms with van der Waals surface area (Å²) < 4.78 is 2.25. The zero-order valence-corrected chi connectivity index (χ0v) is 9.96. The molecule has 0 amide bonds. The van der Waals surface area contributed by atoms with E-state index in [1.165, 1.54) is 11.5 Å². The van der Waals surface area contributed by atoms with Crippen LogP contribution in [0.4, 0.5) is 0 Å². The lowest BCUT2D eigenvalue weighted by atomic mass is 10.2. The van der Waals surface area contributed by atoms with Crippen LogP contribution in [0.5, 0.6) is 0 Å². The molecule has 1 aromatic heterocycles. The van der Waals surface area contributed by atoms with E-state index in [0.717, 1.165) is 4.47 Å². The Morgan fingerprint density at radius 2 is 2.14 bits per heavy atom. The van der Waals surface area contributed by atoms with Gasteiger partial charge in [-0.05, 0) is 42.8 Å². The van der Waals surface area contributed by atoms with E-state index in [-0.39, 0.29) is 11.3 Å². The Morgan fingerprint density at radius 1 is 1.57 bits per heavy atom. The van der Waals surface area contributed by atoms with E-state index in [9.17, 15) is 9.59 Å². The molecule has 1 aromatic rings. The Kier molecular flexibility index (Phi) is 3.26. The molecule has 0 radical (unpaired) electrons. The second-order valence-electron chi connectivity index (χ2n) is 3.34. The highest BCUT2D eigenvalue weighted by molar-refractivity contribution is 9.10. The van der Waals surface area contributed by atoms with E-state index >= 15 is 0 Å². The molecular weight excluding hydrogens is 246 g/mol. The third-order valence-corrected chi connectivity index (χ3v) is 2.63. The summed E-state index contributed by atoms with van der Waals surface area (Å²) in [7, 11) is 0. The number of aromatic nitrogens is 1. The van der Waals surface area contributed by atoms with Crippen molar-refractivity contribution in [3.05, 3.63) is 32.7 Å². The molecule has 0 aliphatic rings. The van der Waals surface area contributed by atoms with Crippen LogP contribution < -0.4 is 5.56 Å². The van der Waals surface area contributed by atoms with Crippen LogP contribution in [-0.4, -0.2) is 10.4 Å². The summed E-state index contributed by atoms with van der Waals surface area (Å²) in [6.45, 7) is 4.93. The molecule has 1 unspecified atom stereocenters. The van der Waals surface area contributed by atoms with Gasteiger partial charge in [0.25, 0.3) is 5.56 Å². The lowest BCUT2D eigenvalue weighted by Gasteiger charge is -2.12. The highest BCUT2D eigenvalue weighted by Gasteiger charge is 2.12. The van der Waals surface area contributed by atoms with Crippen molar-refractivity contribution >= 4 is 21.7 Å². The van der Waals surface area contributed by atoms with Gasteiger partial charge < -0.3 is 4.57 Å². The molecule has 0 saturated carbocycles. The molecule has 14 heavy (non-hydrogen) atoms. The van der Waals surface area contributed by atoms with E-state index < -0.39 is 6.04 Å². The van der Waals surface area contributed by atoms with Crippen LogP contribution >= 0.6 is 15.9 Å². The molecule has 0 aliphatic carbocycles. The molecule has 0 spiro atoms. The molecule has 0 aromatic carbocycles. The van der Waals surface area contributed by atoms with Crippen molar-refractivity contribution in [2.75, 3.05) is 0 Å². The summed E-state index contributed by atoms with van der Waals surface area (Å²) in [5.74, 6) is -0.0235. The van der Waals surface area contributed by atoms with Gasteiger partial charge in [0, 0.05) is 16.2 Å². The summed E-state index contributed by atoms with van der Waals surface area (Å²) in [6.07, 6.45) is 1.64. The maximum absolute atomic E-state index is 11.7. The number of nitrogens with zero attached hydrogens (tertiary/aromatic N) is 1. The van der Waals surface area contributed by atoms with Gasteiger partial charge in [-0.2, -0.15) is 0 Å². The first-order chi connectivity index (χ1) is 6.43. The van der Waals surface area contributed by atoms with Gasteiger partial charge in [0.05, 0.1) is 6.04 Å². The van der Waals surface area contributed by atoms with E-state index in [1.54, 1.807) is 26.1 Å². The SMILES string of the molecule is CC(=O)C(C)n1cc(Br)cc(C)c1=O. The van der Waals surface area contributed by atoms with Crippen LogP contribution in [0.2, 0.25) is 0 Å². The fourth-order valence-electron chi connectivity index (χ4n) is 1.18. The number of halogens is 1. The van der Waals surface area contributed by atoms with E-state index in [4.69, 9.17) is 0 Å². The zero-order chi connectivity index (χ0) is 10.9. The van der Waals surface area contributed by atoms with Crippen molar-refractivity contribution in [3.63, 3.8) is 0 Å². The number of hydrogen-bond acceptors (Lipinski definition) is 2. The molecule has 3 nitrogen and oxygen atoms in total. The molecule has 0 saturated heterocycles. The van der Waals surface area contributed by atoms with Crippen LogP contribution in [0.25, 0.3) is 0 Å². The minimum absolute atomic E-state index is 0.0235. The maximum Gasteiger partial charge on any atom is 0.254 e. The van der Waals surface area contributed by atoms with E-state index in [0.29, 0.717) is 5.56 Å². The molecule has 0 bridgehead atoms. The van der Waals surface area contributed by atoms with Crippen molar-refractivity contribution in [1.82, 2.24) is 4.57 Å². The van der Waals surface area contributed by atoms with E-state index in [1.807, 2.05) is 0 Å². The molecule has 76 valence electrons. The number of ketones is 1. The van der Waals surface area contributed by atoms with Crippen LogP contribution in [0.3, 0.4) is 0 Å². The van der Waals surface area contributed by atoms with Crippen molar-refractivity contribution in [2.24, 2.45) is 0 Å². The number of Topliss-reactive ketones (excluding diaryl/α,β-unsaturated/α-hetero) is 1. The Morgan fingerprint density at radius 3 is 2.64 bits per heavy atom. The van der Waals surface area contributed by atoms with Crippen LogP contribution in [0.15, 0.2) is 21.5 Å². The van der Waals surface area contributed by atoms with Gasteiger partial charge in [-0.15, -0.1) is 0 Å². The highest BCUT2D eigenvalue weighted by atomic mass is 79.9. The first-order valence-electron chi connectivity index (χ1n) is 4.32. The smallest absolute Gasteiger partial charge is 0.254 e. The largest absolute Gasteiger partial charge is 0.304 e. The third-order valence-electron chi connectivity index (χ3n) is 2.19. The molecule has 0 N–H and O–H groups in total. The predicted molar refractivity (Wildman–Crippen MR) is 58.5 cm³/mol. The quantitative estimate of drug-likeness (QED) is 0.814. The van der Waals surface area contributed by atoms with Crippen LogP contribution in [0, 0.1) is 6.92 Å². The standard InChI is InChI=1S/C10H12BrNO2/c1-6-4-9(11)5-12(10(6)14)7(2)8(3)13/h4-5,7H,1-3H3. The summed E-state index contributed by atoms with van der Waals surface area (Å²) in [4.78, 5) is 22.8. The van der Waals surface area contributed by atoms with Gasteiger partial charge >= 0.3 is 0 Å². The molecule has 1 rings (SSSR count). The fraction of sp³-hybridized carbons (Fsp3) is 0.400. The molecule has 0 aliphatic heterocycles. The number of hydrogen-bond donors (Lipinski definition) is 0. The summed E-state index contributed by atoms with van der Waals surface area (Å²) in [6, 6.07) is 1.34. The van der Waals surface area contributed by atoms with Crippen LogP contribution in [-0.2, 0) is 4.79 Å².